The van der Waals surface area contributed by atoms with Crippen LogP contribution in [0.1, 0.15) is 70.8 Å². The molecule has 2 aliphatic heterocycles. The molecule has 1 aromatic rings. The fraction of sp³-hybridized carbons (Fsp3) is 0.739. The number of aromatic amines is 1. The van der Waals surface area contributed by atoms with Gasteiger partial charge in [-0.2, -0.15) is 4.39 Å². The van der Waals surface area contributed by atoms with Gasteiger partial charge < -0.3 is 19.8 Å². The Balaban J connectivity index is 1.41. The smallest absolute Gasteiger partial charge is 0.328 e. The number of aromatic nitrogens is 2. The van der Waals surface area contributed by atoms with Gasteiger partial charge in [0.25, 0.3) is 5.56 Å². The van der Waals surface area contributed by atoms with Crippen LogP contribution in [-0.4, -0.2) is 67.4 Å². The van der Waals surface area contributed by atoms with Crippen molar-refractivity contribution in [2.24, 2.45) is 5.41 Å². The van der Waals surface area contributed by atoms with E-state index in [1.54, 1.807) is 11.8 Å². The summed E-state index contributed by atoms with van der Waals surface area (Å²) in [7, 11) is 0. The van der Waals surface area contributed by atoms with Crippen LogP contribution in [-0.2, 0) is 14.3 Å². The van der Waals surface area contributed by atoms with Gasteiger partial charge in [0.2, 0.25) is 11.7 Å². The average Bonchev–Trinajstić information content (AvgIpc) is 3.18. The summed E-state index contributed by atoms with van der Waals surface area (Å²) < 4.78 is 20.9. The predicted molar refractivity (Wildman–Crippen MR) is 118 cm³/mol. The zero-order valence-electron chi connectivity index (χ0n) is 19.3. The highest BCUT2D eigenvalue weighted by Gasteiger charge is 2.51. The molecule has 3 N–H and O–H groups in total. The third kappa shape index (κ3) is 4.81. The van der Waals surface area contributed by atoms with E-state index in [0.29, 0.717) is 25.9 Å². The summed E-state index contributed by atoms with van der Waals surface area (Å²) in [6, 6.07) is -0.880. The van der Waals surface area contributed by atoms with Gasteiger partial charge >= 0.3 is 11.7 Å². The first-order valence-corrected chi connectivity index (χ1v) is 11.8. The van der Waals surface area contributed by atoms with E-state index < -0.39 is 45.7 Å². The number of ether oxygens (including phenoxy) is 1. The van der Waals surface area contributed by atoms with Crippen molar-refractivity contribution in [2.75, 3.05) is 19.7 Å². The van der Waals surface area contributed by atoms with Gasteiger partial charge in [-0.15, -0.1) is 0 Å². The number of carboxylic acids is 1. The number of carbonyl (C=O) groups excluding carboxylic acids is 1. The van der Waals surface area contributed by atoms with Crippen molar-refractivity contribution in [1.82, 2.24) is 14.5 Å². The van der Waals surface area contributed by atoms with E-state index in [0.717, 1.165) is 36.4 Å². The van der Waals surface area contributed by atoms with Crippen molar-refractivity contribution in [2.45, 2.75) is 82.0 Å². The molecule has 2 atom stereocenters. The fourth-order valence-electron chi connectivity index (χ4n) is 6.11. The Kier molecular flexibility index (Phi) is 6.45. The quantitative estimate of drug-likeness (QED) is 0.573. The third-order valence-electron chi connectivity index (χ3n) is 7.95. The van der Waals surface area contributed by atoms with Crippen LogP contribution in [0.3, 0.4) is 0 Å². The Morgan fingerprint density at radius 2 is 1.82 bits per heavy atom. The second-order valence-corrected chi connectivity index (χ2v) is 10.5. The maximum absolute atomic E-state index is 13.8. The minimum Gasteiger partial charge on any atom is -0.481 e. The second kappa shape index (κ2) is 8.92. The lowest BCUT2D eigenvalue weighted by Crippen LogP contribution is -2.59. The first-order chi connectivity index (χ1) is 15.9. The highest BCUT2D eigenvalue weighted by molar-refractivity contribution is 5.78. The number of H-pyrrole nitrogens is 1. The van der Waals surface area contributed by atoms with Crippen molar-refractivity contribution < 1.29 is 28.9 Å². The van der Waals surface area contributed by atoms with Crippen LogP contribution >= 0.6 is 0 Å². The minimum atomic E-state index is -1.41. The molecule has 3 heterocycles. The number of aliphatic hydroxyl groups is 1. The summed E-state index contributed by atoms with van der Waals surface area (Å²) in [6.07, 6.45) is 5.57. The van der Waals surface area contributed by atoms with E-state index in [2.05, 4.69) is 0 Å². The van der Waals surface area contributed by atoms with E-state index in [9.17, 15) is 33.8 Å². The zero-order chi connectivity index (χ0) is 24.7. The molecule has 10 nitrogen and oxygen atoms in total. The Labute approximate surface area is 195 Å². The molecule has 3 aliphatic rings. The number of likely N-dealkylation sites (tertiary alicyclic amines) is 1. The normalized spacial score (nSPS) is 28.2. The highest BCUT2D eigenvalue weighted by atomic mass is 19.1. The number of carbonyl (C=O) groups is 2. The van der Waals surface area contributed by atoms with Gasteiger partial charge in [-0.25, -0.2) is 4.79 Å². The topological polar surface area (TPSA) is 142 Å². The minimum absolute atomic E-state index is 0.00853. The summed E-state index contributed by atoms with van der Waals surface area (Å²) in [5.41, 5.74) is -4.50. The Morgan fingerprint density at radius 3 is 2.41 bits per heavy atom. The largest absolute Gasteiger partial charge is 0.481 e. The number of amides is 1. The Bertz CT molecular complexity index is 1070. The molecule has 0 radical (unpaired) electrons. The lowest BCUT2D eigenvalue weighted by atomic mass is 9.75. The molecule has 1 saturated carbocycles. The summed E-state index contributed by atoms with van der Waals surface area (Å²) >= 11 is 0. The Hall–Kier alpha value is -2.53. The summed E-state index contributed by atoms with van der Waals surface area (Å²) in [5, 5.41) is 20.5. The van der Waals surface area contributed by atoms with E-state index in [-0.39, 0.29) is 31.8 Å². The van der Waals surface area contributed by atoms with Crippen LogP contribution in [0, 0.1) is 11.2 Å². The lowest BCUT2D eigenvalue weighted by Gasteiger charge is -2.51. The first-order valence-electron chi connectivity index (χ1n) is 11.8. The fourth-order valence-corrected chi connectivity index (χ4v) is 6.11. The van der Waals surface area contributed by atoms with Gasteiger partial charge in [-0.1, -0.05) is 12.8 Å². The van der Waals surface area contributed by atoms with Crippen LogP contribution in [0.25, 0.3) is 0 Å². The average molecular weight is 482 g/mol. The molecule has 1 aliphatic carbocycles. The number of rotatable bonds is 5. The molecule has 0 aromatic carbocycles. The molecule has 0 unspecified atom stereocenters. The number of nitrogens with zero attached hydrogens (tertiary/aromatic N) is 2. The third-order valence-corrected chi connectivity index (χ3v) is 7.95. The standard InChI is InChI=1S/C23H32FN3O7/c1-21(33)14-23(34-13-16(21)27-12-15(24)19(31)25-20(27)32)6-8-26(9-7-23)17(28)10-22(11-18(29)30)4-2-3-5-22/h12,16,33H,2-11,13-14H2,1H3,(H,29,30)(H,25,31,32)/t16-,21-/m0/s1. The van der Waals surface area contributed by atoms with Gasteiger partial charge in [0.05, 0.1) is 36.5 Å². The zero-order valence-corrected chi connectivity index (χ0v) is 19.3. The van der Waals surface area contributed by atoms with Gasteiger partial charge in [0.15, 0.2) is 0 Å². The number of aliphatic carboxylic acids is 1. The maximum atomic E-state index is 13.8. The molecule has 188 valence electrons. The van der Waals surface area contributed by atoms with Gasteiger partial charge in [-0.05, 0) is 38.0 Å². The molecule has 2 saturated heterocycles. The number of piperidine rings is 1. The van der Waals surface area contributed by atoms with Crippen LogP contribution < -0.4 is 11.2 Å². The maximum Gasteiger partial charge on any atom is 0.328 e. The van der Waals surface area contributed by atoms with Gasteiger partial charge in [-0.3, -0.25) is 23.9 Å². The van der Waals surface area contributed by atoms with Crippen molar-refractivity contribution in [3.63, 3.8) is 0 Å². The van der Waals surface area contributed by atoms with Crippen molar-refractivity contribution in [1.29, 1.82) is 0 Å². The van der Waals surface area contributed by atoms with Crippen molar-refractivity contribution in [3.05, 3.63) is 32.9 Å². The second-order valence-electron chi connectivity index (χ2n) is 10.5. The van der Waals surface area contributed by atoms with Crippen molar-refractivity contribution in [3.8, 4) is 0 Å². The molecule has 4 rings (SSSR count). The molecule has 34 heavy (non-hydrogen) atoms. The van der Waals surface area contributed by atoms with Crippen LogP contribution in [0.2, 0.25) is 0 Å². The number of halogens is 1. The number of hydrogen-bond acceptors (Lipinski definition) is 6. The number of hydrogen-bond donors (Lipinski definition) is 3. The SMILES string of the molecule is C[C@]1(O)CC2(CCN(C(=O)CC3(CC(=O)O)CCCC3)CC2)OC[C@@H]1n1cc(F)c(=O)[nH]c1=O. The van der Waals surface area contributed by atoms with Gasteiger partial charge in [0, 0.05) is 25.9 Å². The van der Waals surface area contributed by atoms with E-state index in [4.69, 9.17) is 4.74 Å². The van der Waals surface area contributed by atoms with E-state index >= 15 is 0 Å². The molecule has 1 aromatic heterocycles. The molecule has 0 bridgehead atoms. The molecule has 11 heteroatoms. The molecule has 3 fully saturated rings. The molecular formula is C23H32FN3O7. The summed E-state index contributed by atoms with van der Waals surface area (Å²) in [4.78, 5) is 51.5. The number of nitrogens with one attached hydrogen (secondary N) is 1. The lowest BCUT2D eigenvalue weighted by molar-refractivity contribution is -0.198. The Morgan fingerprint density at radius 1 is 1.18 bits per heavy atom. The molecule has 1 spiro atoms. The molecular weight excluding hydrogens is 449 g/mol. The van der Waals surface area contributed by atoms with Crippen LogP contribution in [0.15, 0.2) is 15.8 Å². The summed E-state index contributed by atoms with van der Waals surface area (Å²) in [5.74, 6) is -2.04. The van der Waals surface area contributed by atoms with Crippen LogP contribution in [0.5, 0.6) is 0 Å². The molecule has 1 amide bonds. The van der Waals surface area contributed by atoms with Crippen molar-refractivity contribution >= 4 is 11.9 Å². The van der Waals surface area contributed by atoms with Gasteiger partial charge in [0.1, 0.15) is 0 Å². The van der Waals surface area contributed by atoms with E-state index in [1.165, 1.54) is 0 Å². The first kappa shape index (κ1) is 24.6. The summed E-state index contributed by atoms with van der Waals surface area (Å²) in [6.45, 7) is 2.37. The van der Waals surface area contributed by atoms with Crippen LogP contribution in [0.4, 0.5) is 4.39 Å². The number of carboxylic acid groups (broad SMARTS) is 1. The predicted octanol–water partition coefficient (Wildman–Crippen LogP) is 1.17. The highest BCUT2D eigenvalue weighted by Crippen LogP contribution is 2.46. The van der Waals surface area contributed by atoms with E-state index in [1.807, 2.05) is 4.98 Å². The monoisotopic (exact) mass is 481 g/mol.